The number of benzene rings is 1. The monoisotopic (exact) mass is 391 g/mol. The number of nitrogens with one attached hydrogen (secondary N) is 2. The number of rotatable bonds is 6. The van der Waals surface area contributed by atoms with Crippen molar-refractivity contribution in [3.8, 4) is 0 Å². The van der Waals surface area contributed by atoms with Crippen molar-refractivity contribution in [3.63, 3.8) is 0 Å². The number of nitro groups is 1. The van der Waals surface area contributed by atoms with Crippen molar-refractivity contribution in [2.75, 3.05) is 19.6 Å². The molecule has 1 aliphatic heterocycles. The quantitative estimate of drug-likeness (QED) is 0.569. The average molecular weight is 392 g/mol. The molecule has 0 amide bonds. The molecule has 0 saturated carbocycles. The second kappa shape index (κ2) is 7.03. The predicted octanol–water partition coefficient (Wildman–Crippen LogP) is 1.94. The minimum Gasteiger partial charge on any atom is -0.316 e. The van der Waals surface area contributed by atoms with Gasteiger partial charge in [-0.05, 0) is 44.8 Å². The number of halogens is 1. The minimum absolute atomic E-state index is 0.0961. The van der Waals surface area contributed by atoms with Crippen LogP contribution in [0.5, 0.6) is 0 Å². The summed E-state index contributed by atoms with van der Waals surface area (Å²) in [5, 5.41) is 14.2. The summed E-state index contributed by atoms with van der Waals surface area (Å²) in [4.78, 5) is 10.3. The third kappa shape index (κ3) is 4.03. The molecule has 0 bridgehead atoms. The van der Waals surface area contributed by atoms with E-state index < -0.39 is 14.9 Å². The molecule has 1 saturated heterocycles. The van der Waals surface area contributed by atoms with Crippen LogP contribution in [0.2, 0.25) is 0 Å². The van der Waals surface area contributed by atoms with Crippen LogP contribution in [0.1, 0.15) is 18.4 Å². The Kier molecular flexibility index (Phi) is 5.54. The smallest absolute Gasteiger partial charge is 0.274 e. The third-order valence-electron chi connectivity index (χ3n) is 3.80. The molecule has 1 atom stereocenters. The fourth-order valence-electron chi connectivity index (χ4n) is 2.43. The van der Waals surface area contributed by atoms with Gasteiger partial charge in [0, 0.05) is 22.6 Å². The Morgan fingerprint density at radius 1 is 1.50 bits per heavy atom. The first kappa shape index (κ1) is 17.3. The molecule has 1 aliphatic rings. The average Bonchev–Trinajstić information content (AvgIpc) is 2.94. The molecular weight excluding hydrogens is 374 g/mol. The lowest BCUT2D eigenvalue weighted by molar-refractivity contribution is -0.385. The second-order valence-electron chi connectivity index (χ2n) is 5.35. The van der Waals surface area contributed by atoms with Crippen molar-refractivity contribution in [1.82, 2.24) is 10.0 Å². The van der Waals surface area contributed by atoms with Crippen LogP contribution in [-0.4, -0.2) is 33.0 Å². The molecule has 0 radical (unpaired) electrons. The zero-order valence-electron chi connectivity index (χ0n) is 12.1. The first-order valence-electron chi connectivity index (χ1n) is 6.96. The van der Waals surface area contributed by atoms with Crippen molar-refractivity contribution in [2.24, 2.45) is 5.92 Å². The Morgan fingerprint density at radius 3 is 2.82 bits per heavy atom. The van der Waals surface area contributed by atoms with Gasteiger partial charge in [0.15, 0.2) is 0 Å². The minimum atomic E-state index is -3.75. The Bertz CT molecular complexity index is 672. The predicted molar refractivity (Wildman–Crippen MR) is 86.3 cm³/mol. The van der Waals surface area contributed by atoms with E-state index in [1.54, 1.807) is 6.92 Å². The molecule has 7 nitrogen and oxygen atoms in total. The van der Waals surface area contributed by atoms with Crippen molar-refractivity contribution < 1.29 is 13.3 Å². The number of sulfonamides is 1. The maximum Gasteiger partial charge on any atom is 0.274 e. The fourth-order valence-corrected chi connectivity index (χ4v) is 4.12. The molecule has 2 N–H and O–H groups in total. The van der Waals surface area contributed by atoms with E-state index >= 15 is 0 Å². The normalized spacial score (nSPS) is 18.5. The molecule has 1 fully saturated rings. The van der Waals surface area contributed by atoms with Crippen LogP contribution in [0.4, 0.5) is 5.69 Å². The molecule has 1 unspecified atom stereocenters. The topological polar surface area (TPSA) is 101 Å². The summed E-state index contributed by atoms with van der Waals surface area (Å²) in [6.45, 7) is 3.77. The summed E-state index contributed by atoms with van der Waals surface area (Å²) < 4.78 is 27.5. The maximum atomic E-state index is 12.3. The van der Waals surface area contributed by atoms with Crippen LogP contribution in [0.15, 0.2) is 21.5 Å². The van der Waals surface area contributed by atoms with E-state index in [1.165, 1.54) is 6.07 Å². The van der Waals surface area contributed by atoms with Crippen LogP contribution in [0, 0.1) is 23.0 Å². The number of hydrogen-bond donors (Lipinski definition) is 2. The van der Waals surface area contributed by atoms with Crippen molar-refractivity contribution in [2.45, 2.75) is 24.7 Å². The highest BCUT2D eigenvalue weighted by molar-refractivity contribution is 9.10. The Hall–Kier alpha value is -1.03. The third-order valence-corrected chi connectivity index (χ3v) is 6.07. The summed E-state index contributed by atoms with van der Waals surface area (Å²) in [7, 11) is -3.75. The highest BCUT2D eigenvalue weighted by atomic mass is 79.9. The Balaban J connectivity index is 2.12. The lowest BCUT2D eigenvalue weighted by Crippen LogP contribution is -2.26. The van der Waals surface area contributed by atoms with Crippen LogP contribution >= 0.6 is 15.9 Å². The van der Waals surface area contributed by atoms with Crippen LogP contribution in [-0.2, 0) is 10.0 Å². The van der Waals surface area contributed by atoms with E-state index in [-0.39, 0.29) is 10.6 Å². The molecule has 1 heterocycles. The highest BCUT2D eigenvalue weighted by Crippen LogP contribution is 2.29. The standard InChI is InChI=1S/C13H18BrN3O4S/c1-9-12(14)6-11(7-13(9)17(18)19)22(20,21)16-5-3-10-2-4-15-8-10/h6-7,10,15-16H,2-5,8H2,1H3. The van der Waals surface area contributed by atoms with Gasteiger partial charge in [-0.25, -0.2) is 13.1 Å². The lowest BCUT2D eigenvalue weighted by atomic mass is 10.1. The first-order chi connectivity index (χ1) is 10.3. The van der Waals surface area contributed by atoms with Gasteiger partial charge in [0.25, 0.3) is 5.69 Å². The summed E-state index contributed by atoms with van der Waals surface area (Å²) in [6, 6.07) is 2.49. The van der Waals surface area contributed by atoms with Gasteiger partial charge >= 0.3 is 0 Å². The number of nitro benzene ring substituents is 1. The van der Waals surface area contributed by atoms with Crippen LogP contribution in [0.25, 0.3) is 0 Å². The molecule has 1 aromatic rings. The van der Waals surface area contributed by atoms with Crippen molar-refractivity contribution in [3.05, 3.63) is 32.3 Å². The van der Waals surface area contributed by atoms with Gasteiger partial charge < -0.3 is 5.32 Å². The van der Waals surface area contributed by atoms with Crippen molar-refractivity contribution >= 4 is 31.6 Å². The Labute approximate surface area is 137 Å². The van der Waals surface area contributed by atoms with E-state index in [4.69, 9.17) is 0 Å². The van der Waals surface area contributed by atoms with Gasteiger partial charge in [0.1, 0.15) is 0 Å². The van der Waals surface area contributed by atoms with E-state index in [0.717, 1.165) is 32.0 Å². The molecule has 0 aromatic heterocycles. The fraction of sp³-hybridized carbons (Fsp3) is 0.538. The summed E-state index contributed by atoms with van der Waals surface area (Å²) in [5.74, 6) is 0.474. The van der Waals surface area contributed by atoms with Crippen LogP contribution < -0.4 is 10.0 Å². The lowest BCUT2D eigenvalue weighted by Gasteiger charge is -2.11. The molecule has 0 spiro atoms. The van der Waals surface area contributed by atoms with Gasteiger partial charge in [-0.2, -0.15) is 0 Å². The molecule has 0 aliphatic carbocycles. The Morgan fingerprint density at radius 2 is 2.23 bits per heavy atom. The highest BCUT2D eigenvalue weighted by Gasteiger charge is 2.22. The van der Waals surface area contributed by atoms with Gasteiger partial charge in [0.05, 0.1) is 9.82 Å². The van der Waals surface area contributed by atoms with E-state index in [2.05, 4.69) is 26.0 Å². The molecular formula is C13H18BrN3O4S. The van der Waals surface area contributed by atoms with Crippen molar-refractivity contribution in [1.29, 1.82) is 0 Å². The van der Waals surface area contributed by atoms with Gasteiger partial charge in [-0.3, -0.25) is 10.1 Å². The number of hydrogen-bond acceptors (Lipinski definition) is 5. The zero-order valence-corrected chi connectivity index (χ0v) is 14.5. The van der Waals surface area contributed by atoms with E-state index in [1.807, 2.05) is 0 Å². The molecule has 122 valence electrons. The largest absolute Gasteiger partial charge is 0.316 e. The van der Waals surface area contributed by atoms with Crippen LogP contribution in [0.3, 0.4) is 0 Å². The molecule has 1 aromatic carbocycles. The number of nitrogens with zero attached hydrogens (tertiary/aromatic N) is 1. The molecule has 2 rings (SSSR count). The zero-order chi connectivity index (χ0) is 16.3. The van der Waals surface area contributed by atoms with E-state index in [0.29, 0.717) is 22.5 Å². The van der Waals surface area contributed by atoms with Gasteiger partial charge in [-0.1, -0.05) is 15.9 Å². The first-order valence-corrected chi connectivity index (χ1v) is 9.24. The van der Waals surface area contributed by atoms with Gasteiger partial charge in [0.2, 0.25) is 10.0 Å². The molecule has 9 heteroatoms. The van der Waals surface area contributed by atoms with Gasteiger partial charge in [-0.15, -0.1) is 0 Å². The SMILES string of the molecule is Cc1c(Br)cc(S(=O)(=O)NCCC2CCNC2)cc1[N+](=O)[O-]. The summed E-state index contributed by atoms with van der Waals surface area (Å²) in [5.41, 5.74) is 0.190. The van der Waals surface area contributed by atoms with E-state index in [9.17, 15) is 18.5 Å². The second-order valence-corrected chi connectivity index (χ2v) is 7.97. The maximum absolute atomic E-state index is 12.3. The molecule has 22 heavy (non-hydrogen) atoms. The summed E-state index contributed by atoms with van der Waals surface area (Å²) in [6.07, 6.45) is 1.80. The summed E-state index contributed by atoms with van der Waals surface area (Å²) >= 11 is 3.17.